The summed E-state index contributed by atoms with van der Waals surface area (Å²) in [6.07, 6.45) is 1.56. The molecule has 2 rings (SSSR count). The number of benzene rings is 1. The predicted molar refractivity (Wildman–Crippen MR) is 90.7 cm³/mol. The predicted octanol–water partition coefficient (Wildman–Crippen LogP) is 3.54. The largest absolute Gasteiger partial charge is 0.477 e. The van der Waals surface area contributed by atoms with Gasteiger partial charge in [-0.15, -0.1) is 0 Å². The minimum atomic E-state index is -1.01. The van der Waals surface area contributed by atoms with Crippen LogP contribution in [-0.4, -0.2) is 22.0 Å². The van der Waals surface area contributed by atoms with E-state index in [-0.39, 0.29) is 24.1 Å². The lowest BCUT2D eigenvalue weighted by Gasteiger charge is -2.13. The van der Waals surface area contributed by atoms with Gasteiger partial charge in [0.2, 0.25) is 5.91 Å². The lowest BCUT2D eigenvalue weighted by Crippen LogP contribution is -2.30. The number of carboxylic acids is 1. The normalized spacial score (nSPS) is 11.2. The van der Waals surface area contributed by atoms with Gasteiger partial charge in [-0.25, -0.2) is 4.79 Å². The highest BCUT2D eigenvalue weighted by molar-refractivity contribution is 5.99. The maximum Gasteiger partial charge on any atom is 0.352 e. The average molecular weight is 316 g/mol. The Hall–Kier alpha value is -2.30. The van der Waals surface area contributed by atoms with Gasteiger partial charge in [0.15, 0.2) is 0 Å². The van der Waals surface area contributed by atoms with Crippen LogP contribution in [0.3, 0.4) is 0 Å². The third-order valence-corrected chi connectivity index (χ3v) is 4.35. The van der Waals surface area contributed by atoms with Crippen LogP contribution < -0.4 is 5.32 Å². The summed E-state index contributed by atoms with van der Waals surface area (Å²) in [7, 11) is 0. The zero-order valence-electron chi connectivity index (χ0n) is 14.1. The van der Waals surface area contributed by atoms with E-state index in [2.05, 4.69) is 10.3 Å². The first kappa shape index (κ1) is 17.1. The number of aryl methyl sites for hydroxylation is 2. The minimum absolute atomic E-state index is 0.0227. The van der Waals surface area contributed by atoms with Gasteiger partial charge in [-0.05, 0) is 43.9 Å². The molecule has 0 aliphatic heterocycles. The van der Waals surface area contributed by atoms with Crippen molar-refractivity contribution < 1.29 is 14.7 Å². The molecule has 0 bridgehead atoms. The molecule has 0 aliphatic rings. The van der Waals surface area contributed by atoms with E-state index in [1.165, 1.54) is 0 Å². The number of hydrogen-bond acceptors (Lipinski definition) is 2. The van der Waals surface area contributed by atoms with Gasteiger partial charge in [-0.2, -0.15) is 0 Å². The number of aromatic nitrogens is 1. The van der Waals surface area contributed by atoms with Crippen LogP contribution in [0.5, 0.6) is 0 Å². The Morgan fingerprint density at radius 2 is 1.87 bits per heavy atom. The zero-order valence-corrected chi connectivity index (χ0v) is 14.1. The molecule has 0 spiro atoms. The molecule has 0 atom stereocenters. The molecule has 0 saturated carbocycles. The number of rotatable bonds is 6. The topological polar surface area (TPSA) is 82.2 Å². The fraction of sp³-hybridized carbons (Fsp3) is 0.444. The number of amides is 1. The number of carbonyl (C=O) groups is 2. The summed E-state index contributed by atoms with van der Waals surface area (Å²) in [4.78, 5) is 26.7. The van der Waals surface area contributed by atoms with E-state index in [1.807, 2.05) is 39.8 Å². The highest BCUT2D eigenvalue weighted by Gasteiger charge is 2.20. The first-order valence-electron chi connectivity index (χ1n) is 8.01. The fourth-order valence-corrected chi connectivity index (χ4v) is 3.14. The highest BCUT2D eigenvalue weighted by atomic mass is 16.4. The van der Waals surface area contributed by atoms with E-state index < -0.39 is 5.97 Å². The number of hydrogen-bond donors (Lipinski definition) is 3. The Morgan fingerprint density at radius 3 is 2.43 bits per heavy atom. The van der Waals surface area contributed by atoms with Crippen molar-refractivity contribution in [2.24, 2.45) is 5.92 Å². The Bertz CT molecular complexity index is 742. The number of aromatic amines is 1. The van der Waals surface area contributed by atoms with Gasteiger partial charge in [0.25, 0.3) is 0 Å². The number of carboxylic acid groups (broad SMARTS) is 1. The molecule has 23 heavy (non-hydrogen) atoms. The third-order valence-electron chi connectivity index (χ3n) is 4.35. The van der Waals surface area contributed by atoms with E-state index in [9.17, 15) is 14.7 Å². The SMILES string of the molecule is CCC(CC)C(=O)NCc1c(C(=O)O)[nH]c2cc(C)cc(C)c12. The first-order valence-corrected chi connectivity index (χ1v) is 8.01. The molecule has 0 radical (unpaired) electrons. The smallest absolute Gasteiger partial charge is 0.352 e. The van der Waals surface area contributed by atoms with E-state index in [0.29, 0.717) is 5.56 Å². The molecule has 0 fully saturated rings. The maximum absolute atomic E-state index is 12.2. The molecule has 1 aromatic carbocycles. The number of aromatic carboxylic acids is 1. The Morgan fingerprint density at radius 1 is 1.22 bits per heavy atom. The van der Waals surface area contributed by atoms with Crippen LogP contribution in [0.25, 0.3) is 10.9 Å². The lowest BCUT2D eigenvalue weighted by molar-refractivity contribution is -0.125. The van der Waals surface area contributed by atoms with Gasteiger partial charge in [-0.3, -0.25) is 4.79 Å². The van der Waals surface area contributed by atoms with Crippen LogP contribution in [0.1, 0.15) is 53.9 Å². The second-order valence-corrected chi connectivity index (χ2v) is 6.02. The maximum atomic E-state index is 12.2. The number of H-pyrrole nitrogens is 1. The van der Waals surface area contributed by atoms with Crippen LogP contribution in [-0.2, 0) is 11.3 Å². The van der Waals surface area contributed by atoms with Crippen molar-refractivity contribution in [3.63, 3.8) is 0 Å². The van der Waals surface area contributed by atoms with Crippen molar-refractivity contribution in [2.45, 2.75) is 47.1 Å². The molecule has 0 saturated heterocycles. The number of nitrogens with one attached hydrogen (secondary N) is 2. The van der Waals surface area contributed by atoms with Gasteiger partial charge < -0.3 is 15.4 Å². The van der Waals surface area contributed by atoms with Crippen molar-refractivity contribution in [1.29, 1.82) is 0 Å². The van der Waals surface area contributed by atoms with Crippen molar-refractivity contribution in [3.05, 3.63) is 34.5 Å². The Kier molecular flexibility index (Phi) is 5.08. The minimum Gasteiger partial charge on any atom is -0.477 e. The molecular formula is C18H24N2O3. The van der Waals surface area contributed by atoms with Crippen LogP contribution in [0, 0.1) is 19.8 Å². The molecule has 1 amide bonds. The van der Waals surface area contributed by atoms with Crippen LogP contribution in [0.4, 0.5) is 0 Å². The molecule has 3 N–H and O–H groups in total. The van der Waals surface area contributed by atoms with Crippen molar-refractivity contribution in [2.75, 3.05) is 0 Å². The summed E-state index contributed by atoms with van der Waals surface area (Å²) in [5.74, 6) is -1.06. The molecule has 2 aromatic rings. The Balaban J connectivity index is 2.40. The van der Waals surface area contributed by atoms with Crippen molar-refractivity contribution >= 4 is 22.8 Å². The first-order chi connectivity index (χ1) is 10.9. The summed E-state index contributed by atoms with van der Waals surface area (Å²) in [5.41, 5.74) is 3.67. The molecule has 5 heteroatoms. The van der Waals surface area contributed by atoms with Gasteiger partial charge in [-0.1, -0.05) is 19.9 Å². The summed E-state index contributed by atoms with van der Waals surface area (Å²) < 4.78 is 0. The molecule has 0 unspecified atom stereocenters. The van der Waals surface area contributed by atoms with Crippen LogP contribution in [0.15, 0.2) is 12.1 Å². The quantitative estimate of drug-likeness (QED) is 0.762. The van der Waals surface area contributed by atoms with E-state index in [0.717, 1.165) is 34.9 Å². The fourth-order valence-electron chi connectivity index (χ4n) is 3.14. The number of fused-ring (bicyclic) bond motifs is 1. The van der Waals surface area contributed by atoms with E-state index in [1.54, 1.807) is 0 Å². The second kappa shape index (κ2) is 6.86. The van der Waals surface area contributed by atoms with Crippen LogP contribution in [0.2, 0.25) is 0 Å². The Labute approximate surface area is 136 Å². The molecule has 0 aliphatic carbocycles. The van der Waals surface area contributed by atoms with Gasteiger partial charge in [0.05, 0.1) is 0 Å². The van der Waals surface area contributed by atoms with Gasteiger partial charge in [0, 0.05) is 28.9 Å². The molecule has 1 aromatic heterocycles. The van der Waals surface area contributed by atoms with Crippen LogP contribution >= 0.6 is 0 Å². The molecular weight excluding hydrogens is 292 g/mol. The standard InChI is InChI=1S/C18H24N2O3/c1-5-12(6-2)17(21)19-9-13-15-11(4)7-10(3)8-14(15)20-16(13)18(22)23/h7-8,12,20H,5-6,9H2,1-4H3,(H,19,21)(H,22,23). The number of carbonyl (C=O) groups excluding carboxylic acids is 1. The molecule has 1 heterocycles. The summed E-state index contributed by atoms with van der Waals surface area (Å²) in [6.45, 7) is 8.12. The summed E-state index contributed by atoms with van der Waals surface area (Å²) in [6, 6.07) is 3.95. The van der Waals surface area contributed by atoms with Gasteiger partial charge in [0.1, 0.15) is 5.69 Å². The summed E-state index contributed by atoms with van der Waals surface area (Å²) >= 11 is 0. The van der Waals surface area contributed by atoms with Crippen molar-refractivity contribution in [3.8, 4) is 0 Å². The van der Waals surface area contributed by atoms with Gasteiger partial charge >= 0.3 is 5.97 Å². The molecule has 124 valence electrons. The zero-order chi connectivity index (χ0) is 17.1. The summed E-state index contributed by atoms with van der Waals surface area (Å²) in [5, 5.41) is 13.2. The average Bonchev–Trinajstić information content (AvgIpc) is 2.85. The highest BCUT2D eigenvalue weighted by Crippen LogP contribution is 2.27. The van der Waals surface area contributed by atoms with Crippen molar-refractivity contribution in [1.82, 2.24) is 10.3 Å². The third kappa shape index (κ3) is 3.38. The molecule has 5 nitrogen and oxygen atoms in total. The lowest BCUT2D eigenvalue weighted by atomic mass is 10.0. The second-order valence-electron chi connectivity index (χ2n) is 6.02. The van der Waals surface area contributed by atoms with E-state index >= 15 is 0 Å². The monoisotopic (exact) mass is 316 g/mol. The van der Waals surface area contributed by atoms with E-state index in [4.69, 9.17) is 0 Å².